The van der Waals surface area contributed by atoms with E-state index in [-0.39, 0.29) is 12.0 Å². The first-order valence-electron chi connectivity index (χ1n) is 6.00. The minimum Gasteiger partial charge on any atom is -0.299 e. The van der Waals surface area contributed by atoms with Gasteiger partial charge in [0.15, 0.2) is 0 Å². The molecule has 1 fully saturated rings. The summed E-state index contributed by atoms with van der Waals surface area (Å²) in [6.07, 6.45) is 4.38. The van der Waals surface area contributed by atoms with Gasteiger partial charge in [-0.15, -0.1) is 0 Å². The number of hydrogen-bond donors (Lipinski definition) is 0. The molecule has 4 heteroatoms. The van der Waals surface area contributed by atoms with E-state index in [1.54, 1.807) is 0 Å². The third-order valence-corrected chi connectivity index (χ3v) is 3.31. The van der Waals surface area contributed by atoms with Crippen LogP contribution in [0.5, 0.6) is 0 Å². The van der Waals surface area contributed by atoms with Crippen LogP contribution in [0.3, 0.4) is 0 Å². The minimum absolute atomic E-state index is 0.192. The molecule has 0 N–H and O–H groups in total. The topological polar surface area (TPSA) is 47.8 Å². The Morgan fingerprint density at radius 1 is 1.50 bits per heavy atom. The van der Waals surface area contributed by atoms with Crippen LogP contribution in [0.25, 0.3) is 0 Å². The third-order valence-electron chi connectivity index (χ3n) is 3.31. The van der Waals surface area contributed by atoms with E-state index in [2.05, 4.69) is 10.1 Å². The second-order valence-electron chi connectivity index (χ2n) is 4.98. The first-order valence-corrected chi connectivity index (χ1v) is 6.00. The minimum atomic E-state index is 0.192. The third kappa shape index (κ3) is 2.31. The number of nitrogens with zero attached hydrogens (tertiary/aromatic N) is 3. The molecule has 0 spiro atoms. The van der Waals surface area contributed by atoms with Crippen molar-refractivity contribution in [1.82, 2.24) is 14.8 Å². The zero-order valence-corrected chi connectivity index (χ0v) is 10.2. The molecule has 1 atom stereocenters. The van der Waals surface area contributed by atoms with Crippen LogP contribution in [-0.4, -0.2) is 20.5 Å². The highest BCUT2D eigenvalue weighted by molar-refractivity contribution is 5.82. The summed E-state index contributed by atoms with van der Waals surface area (Å²) in [6.45, 7) is 6.13. The molecule has 0 bridgehead atoms. The monoisotopic (exact) mass is 221 g/mol. The average Bonchev–Trinajstić information content (AvgIpc) is 2.97. The van der Waals surface area contributed by atoms with Gasteiger partial charge in [-0.3, -0.25) is 4.79 Å². The van der Waals surface area contributed by atoms with Gasteiger partial charge in [-0.2, -0.15) is 5.10 Å². The van der Waals surface area contributed by atoms with Gasteiger partial charge in [-0.1, -0.05) is 6.92 Å². The number of hydrogen-bond acceptors (Lipinski definition) is 3. The molecule has 1 aliphatic carbocycles. The van der Waals surface area contributed by atoms with Crippen molar-refractivity contribution in [3.05, 3.63) is 12.2 Å². The van der Waals surface area contributed by atoms with Crippen molar-refractivity contribution in [3.8, 4) is 0 Å². The molecule has 16 heavy (non-hydrogen) atoms. The summed E-state index contributed by atoms with van der Waals surface area (Å²) >= 11 is 0. The van der Waals surface area contributed by atoms with Crippen LogP contribution in [0.1, 0.15) is 45.5 Å². The lowest BCUT2D eigenvalue weighted by Gasteiger charge is -2.11. The van der Waals surface area contributed by atoms with Crippen LogP contribution in [0, 0.1) is 11.8 Å². The Morgan fingerprint density at radius 3 is 2.75 bits per heavy atom. The quantitative estimate of drug-likeness (QED) is 0.764. The van der Waals surface area contributed by atoms with E-state index < -0.39 is 0 Å². The van der Waals surface area contributed by atoms with Crippen LogP contribution < -0.4 is 0 Å². The summed E-state index contributed by atoms with van der Waals surface area (Å²) in [5, 5.41) is 4.14. The predicted octanol–water partition coefficient (Wildman–Crippen LogP) is 2.02. The maximum Gasteiger partial charge on any atom is 0.143 e. The fourth-order valence-electron chi connectivity index (χ4n) is 2.01. The molecular formula is C12H19N3O. The van der Waals surface area contributed by atoms with Crippen molar-refractivity contribution < 1.29 is 4.79 Å². The van der Waals surface area contributed by atoms with Crippen LogP contribution in [0.15, 0.2) is 6.33 Å². The molecule has 2 rings (SSSR count). The van der Waals surface area contributed by atoms with E-state index in [1.165, 1.54) is 19.2 Å². The molecule has 0 amide bonds. The van der Waals surface area contributed by atoms with Crippen molar-refractivity contribution in [2.45, 2.75) is 46.1 Å². The number of ketones is 1. The number of carbonyl (C=O) groups is 1. The lowest BCUT2D eigenvalue weighted by molar-refractivity contribution is -0.122. The van der Waals surface area contributed by atoms with E-state index in [0.29, 0.717) is 18.1 Å². The highest BCUT2D eigenvalue weighted by Crippen LogP contribution is 2.37. The van der Waals surface area contributed by atoms with E-state index >= 15 is 0 Å². The Bertz CT molecular complexity index is 379. The Labute approximate surface area is 96.1 Å². The van der Waals surface area contributed by atoms with Crippen LogP contribution >= 0.6 is 0 Å². The smallest absolute Gasteiger partial charge is 0.143 e. The summed E-state index contributed by atoms with van der Waals surface area (Å²) in [7, 11) is 0. The van der Waals surface area contributed by atoms with Gasteiger partial charge in [0.2, 0.25) is 0 Å². The van der Waals surface area contributed by atoms with Crippen LogP contribution in [0.2, 0.25) is 0 Å². The number of aromatic nitrogens is 3. The van der Waals surface area contributed by atoms with E-state index in [4.69, 9.17) is 0 Å². The molecule has 1 heterocycles. The number of rotatable bonds is 5. The molecule has 88 valence electrons. The van der Waals surface area contributed by atoms with Crippen molar-refractivity contribution in [2.24, 2.45) is 11.8 Å². The van der Waals surface area contributed by atoms with Crippen molar-refractivity contribution in [3.63, 3.8) is 0 Å². The molecule has 1 aliphatic rings. The molecule has 1 aromatic heterocycles. The zero-order chi connectivity index (χ0) is 11.7. The van der Waals surface area contributed by atoms with Crippen molar-refractivity contribution in [2.75, 3.05) is 0 Å². The molecule has 1 saturated carbocycles. The van der Waals surface area contributed by atoms with Gasteiger partial charge in [-0.25, -0.2) is 9.67 Å². The molecule has 1 unspecified atom stereocenters. The molecule has 0 saturated heterocycles. The fraction of sp³-hybridized carbons (Fsp3) is 0.750. The maximum absolute atomic E-state index is 12.0. The number of Topliss-reactive ketones (excluding diaryl/α,β-unsaturated/α-hetero) is 1. The van der Waals surface area contributed by atoms with Gasteiger partial charge < -0.3 is 0 Å². The van der Waals surface area contributed by atoms with Gasteiger partial charge in [-0.05, 0) is 32.6 Å². The normalized spacial score (nSPS) is 17.8. The average molecular weight is 221 g/mol. The van der Waals surface area contributed by atoms with Crippen LogP contribution in [-0.2, 0) is 11.2 Å². The first kappa shape index (κ1) is 11.3. The van der Waals surface area contributed by atoms with E-state index in [9.17, 15) is 4.79 Å². The summed E-state index contributed by atoms with van der Waals surface area (Å²) < 4.78 is 1.83. The van der Waals surface area contributed by atoms with E-state index in [1.807, 2.05) is 25.5 Å². The lowest BCUT2D eigenvalue weighted by atomic mass is 9.98. The van der Waals surface area contributed by atoms with Gasteiger partial charge in [0.1, 0.15) is 17.9 Å². The second-order valence-corrected chi connectivity index (χ2v) is 4.98. The SMILES string of the molecule is CC(C(=O)Cc1ncnn1C(C)C)C1CC1. The Kier molecular flexibility index (Phi) is 3.08. The summed E-state index contributed by atoms with van der Waals surface area (Å²) in [4.78, 5) is 16.2. The molecule has 1 aromatic rings. The summed E-state index contributed by atoms with van der Waals surface area (Å²) in [5.41, 5.74) is 0. The molecular weight excluding hydrogens is 202 g/mol. The van der Waals surface area contributed by atoms with Crippen LogP contribution in [0.4, 0.5) is 0 Å². The van der Waals surface area contributed by atoms with Gasteiger partial charge in [0.05, 0.1) is 6.42 Å². The second kappa shape index (κ2) is 4.36. The lowest BCUT2D eigenvalue weighted by Crippen LogP contribution is -2.19. The Morgan fingerprint density at radius 2 is 2.19 bits per heavy atom. The Hall–Kier alpha value is -1.19. The largest absolute Gasteiger partial charge is 0.299 e. The van der Waals surface area contributed by atoms with Gasteiger partial charge >= 0.3 is 0 Å². The van der Waals surface area contributed by atoms with Crippen molar-refractivity contribution >= 4 is 5.78 Å². The number of carbonyl (C=O) groups excluding carboxylic acids is 1. The Balaban J connectivity index is 2.02. The summed E-state index contributed by atoms with van der Waals surface area (Å²) in [6, 6.07) is 0.265. The van der Waals surface area contributed by atoms with E-state index in [0.717, 1.165) is 5.82 Å². The molecule has 0 aliphatic heterocycles. The molecule has 4 nitrogen and oxygen atoms in total. The highest BCUT2D eigenvalue weighted by atomic mass is 16.1. The summed E-state index contributed by atoms with van der Waals surface area (Å²) in [5.74, 6) is 1.92. The predicted molar refractivity (Wildman–Crippen MR) is 61.0 cm³/mol. The maximum atomic E-state index is 12.0. The van der Waals surface area contributed by atoms with Gasteiger partial charge in [0.25, 0.3) is 0 Å². The van der Waals surface area contributed by atoms with Gasteiger partial charge in [0, 0.05) is 12.0 Å². The standard InChI is InChI=1S/C12H19N3O/c1-8(2)15-12(13-7-14-15)6-11(16)9(3)10-4-5-10/h7-10H,4-6H2,1-3H3. The van der Waals surface area contributed by atoms with Crippen molar-refractivity contribution in [1.29, 1.82) is 0 Å². The molecule has 0 aromatic carbocycles. The zero-order valence-electron chi connectivity index (χ0n) is 10.2. The fourth-order valence-corrected chi connectivity index (χ4v) is 2.01. The first-order chi connectivity index (χ1) is 7.59. The molecule has 0 radical (unpaired) electrons. The highest BCUT2D eigenvalue weighted by Gasteiger charge is 2.32.